The maximum atomic E-state index is 13.1. The van der Waals surface area contributed by atoms with Crippen LogP contribution in [0.15, 0.2) is 35.7 Å². The first-order chi connectivity index (χ1) is 11.5. The van der Waals surface area contributed by atoms with Crippen LogP contribution >= 0.6 is 11.3 Å². The lowest BCUT2D eigenvalue weighted by Crippen LogP contribution is -2.12. The molecule has 3 rings (SSSR count). The third-order valence-electron chi connectivity index (χ3n) is 3.02. The van der Waals surface area contributed by atoms with E-state index in [0.717, 1.165) is 11.4 Å². The number of hydrogen-bond donors (Lipinski definition) is 2. The second-order valence-electron chi connectivity index (χ2n) is 5.10. The minimum absolute atomic E-state index is 0.233. The molecule has 1 aromatic carbocycles. The van der Waals surface area contributed by atoms with Crippen LogP contribution in [0.2, 0.25) is 0 Å². The Hall–Kier alpha value is -2.87. The Morgan fingerprint density at radius 1 is 1.12 bits per heavy atom. The van der Waals surface area contributed by atoms with Crippen molar-refractivity contribution in [1.82, 2.24) is 15.0 Å². The number of rotatable bonds is 4. The van der Waals surface area contributed by atoms with Crippen LogP contribution in [0.5, 0.6) is 0 Å². The average Bonchev–Trinajstić information content (AvgIpc) is 2.94. The molecule has 3 aromatic rings. The van der Waals surface area contributed by atoms with Gasteiger partial charge in [-0.15, -0.1) is 11.3 Å². The van der Waals surface area contributed by atoms with E-state index in [1.54, 1.807) is 11.4 Å². The first-order valence-corrected chi connectivity index (χ1v) is 7.99. The van der Waals surface area contributed by atoms with Gasteiger partial charge in [0, 0.05) is 22.5 Å². The molecule has 2 heterocycles. The lowest BCUT2D eigenvalue weighted by atomic mass is 10.3. The summed E-state index contributed by atoms with van der Waals surface area (Å²) < 4.78 is 13.1. The van der Waals surface area contributed by atoms with E-state index in [9.17, 15) is 9.18 Å². The minimum atomic E-state index is -0.416. The molecule has 0 unspecified atom stereocenters. The molecule has 0 aliphatic rings. The van der Waals surface area contributed by atoms with E-state index in [4.69, 9.17) is 0 Å². The van der Waals surface area contributed by atoms with Gasteiger partial charge in [0.2, 0.25) is 5.95 Å². The van der Waals surface area contributed by atoms with E-state index in [1.165, 1.54) is 29.5 Å². The highest BCUT2D eigenvalue weighted by Gasteiger charge is 2.12. The largest absolute Gasteiger partial charge is 0.321 e. The molecule has 0 bridgehead atoms. The number of nitrogens with one attached hydrogen (secondary N) is 2. The van der Waals surface area contributed by atoms with Crippen molar-refractivity contribution in [1.29, 1.82) is 0 Å². The third-order valence-corrected chi connectivity index (χ3v) is 3.78. The molecule has 0 radical (unpaired) electrons. The molecule has 24 heavy (non-hydrogen) atoms. The fraction of sp³-hybridized carbons (Fsp3) is 0.125. The Balaban J connectivity index is 1.71. The van der Waals surface area contributed by atoms with Crippen LogP contribution in [0, 0.1) is 19.7 Å². The Morgan fingerprint density at radius 3 is 2.58 bits per heavy atom. The fourth-order valence-electron chi connectivity index (χ4n) is 2.07. The predicted molar refractivity (Wildman–Crippen MR) is 91.3 cm³/mol. The van der Waals surface area contributed by atoms with Gasteiger partial charge < -0.3 is 10.6 Å². The number of aromatic nitrogens is 3. The minimum Gasteiger partial charge on any atom is -0.321 e. The van der Waals surface area contributed by atoms with Crippen LogP contribution in [0.3, 0.4) is 0 Å². The third kappa shape index (κ3) is 3.90. The molecule has 8 heteroatoms. The van der Waals surface area contributed by atoms with Gasteiger partial charge in [0.15, 0.2) is 5.13 Å². The maximum Gasteiger partial charge on any atom is 0.275 e. The highest BCUT2D eigenvalue weighted by atomic mass is 32.1. The van der Waals surface area contributed by atoms with Crippen molar-refractivity contribution >= 4 is 34.0 Å². The molecule has 0 atom stereocenters. The normalized spacial score (nSPS) is 10.5. The van der Waals surface area contributed by atoms with E-state index < -0.39 is 11.7 Å². The van der Waals surface area contributed by atoms with Crippen molar-refractivity contribution in [3.63, 3.8) is 0 Å². The Bertz CT molecular complexity index is 875. The number of nitrogens with zero attached hydrogens (tertiary/aromatic N) is 3. The summed E-state index contributed by atoms with van der Waals surface area (Å²) in [5, 5.41) is 7.69. The zero-order valence-corrected chi connectivity index (χ0v) is 13.8. The van der Waals surface area contributed by atoms with Crippen LogP contribution in [-0.4, -0.2) is 20.9 Å². The number of aryl methyl sites for hydroxylation is 2. The number of halogens is 1. The number of benzene rings is 1. The van der Waals surface area contributed by atoms with E-state index in [0.29, 0.717) is 16.8 Å². The summed E-state index contributed by atoms with van der Waals surface area (Å²) in [7, 11) is 0. The number of thiazole rings is 1. The Morgan fingerprint density at radius 2 is 1.88 bits per heavy atom. The summed E-state index contributed by atoms with van der Waals surface area (Å²) in [5.41, 5.74) is 2.28. The summed E-state index contributed by atoms with van der Waals surface area (Å²) in [6.07, 6.45) is 0. The van der Waals surface area contributed by atoms with Crippen LogP contribution < -0.4 is 10.6 Å². The molecule has 6 nitrogen and oxygen atoms in total. The van der Waals surface area contributed by atoms with Crippen LogP contribution in [-0.2, 0) is 0 Å². The molecule has 2 N–H and O–H groups in total. The first-order valence-electron chi connectivity index (χ1n) is 7.11. The molecule has 2 aromatic heterocycles. The number of carbonyl (C=O) groups is 1. The molecule has 0 aliphatic heterocycles. The van der Waals surface area contributed by atoms with Crippen molar-refractivity contribution in [2.24, 2.45) is 0 Å². The lowest BCUT2D eigenvalue weighted by Gasteiger charge is -2.04. The van der Waals surface area contributed by atoms with Crippen molar-refractivity contribution < 1.29 is 9.18 Å². The lowest BCUT2D eigenvalue weighted by molar-refractivity contribution is 0.102. The van der Waals surface area contributed by atoms with Crippen molar-refractivity contribution in [2.45, 2.75) is 13.8 Å². The second kappa shape index (κ2) is 6.71. The zero-order chi connectivity index (χ0) is 17.1. The zero-order valence-electron chi connectivity index (χ0n) is 13.0. The van der Waals surface area contributed by atoms with Gasteiger partial charge in [-0.2, -0.15) is 0 Å². The molecule has 122 valence electrons. The van der Waals surface area contributed by atoms with Gasteiger partial charge in [-0.25, -0.2) is 19.3 Å². The summed E-state index contributed by atoms with van der Waals surface area (Å²) >= 11 is 1.26. The van der Waals surface area contributed by atoms with E-state index >= 15 is 0 Å². The van der Waals surface area contributed by atoms with Crippen molar-refractivity contribution in [2.75, 3.05) is 10.6 Å². The van der Waals surface area contributed by atoms with Crippen LogP contribution in [0.4, 0.5) is 21.2 Å². The average molecular weight is 343 g/mol. The molecule has 0 fully saturated rings. The topological polar surface area (TPSA) is 79.8 Å². The molecule has 0 spiro atoms. The molecule has 0 aliphatic carbocycles. The quantitative estimate of drug-likeness (QED) is 0.755. The fourth-order valence-corrected chi connectivity index (χ4v) is 2.76. The smallest absolute Gasteiger partial charge is 0.275 e. The van der Waals surface area contributed by atoms with Gasteiger partial charge in [0.05, 0.1) is 0 Å². The molecule has 1 amide bonds. The molecule has 0 saturated carbocycles. The van der Waals surface area contributed by atoms with Crippen LogP contribution in [0.25, 0.3) is 0 Å². The van der Waals surface area contributed by atoms with Gasteiger partial charge in [0.25, 0.3) is 5.91 Å². The van der Waals surface area contributed by atoms with Gasteiger partial charge in [0.1, 0.15) is 11.5 Å². The highest BCUT2D eigenvalue weighted by molar-refractivity contribution is 7.14. The predicted octanol–water partition coefficient (Wildman–Crippen LogP) is 3.68. The number of amides is 1. The molecular weight excluding hydrogens is 329 g/mol. The highest BCUT2D eigenvalue weighted by Crippen LogP contribution is 2.20. The van der Waals surface area contributed by atoms with Crippen molar-refractivity contribution in [3.8, 4) is 0 Å². The standard InChI is InChI=1S/C16H14FN5OS/c1-9-6-10(2)19-15(18-9)22-16-21-13(8-24-16)14(23)20-12-5-3-4-11(17)7-12/h3-8H,1-2H3,(H,20,23)(H,18,19,21,22). The maximum absolute atomic E-state index is 13.1. The van der Waals surface area contributed by atoms with E-state index in [1.807, 2.05) is 19.9 Å². The summed E-state index contributed by atoms with van der Waals surface area (Å²) in [5.74, 6) is -0.398. The van der Waals surface area contributed by atoms with E-state index in [-0.39, 0.29) is 5.69 Å². The van der Waals surface area contributed by atoms with E-state index in [2.05, 4.69) is 25.6 Å². The first kappa shape index (κ1) is 16.0. The Labute approximate surface area is 141 Å². The van der Waals surface area contributed by atoms with Crippen molar-refractivity contribution in [3.05, 3.63) is 58.6 Å². The summed E-state index contributed by atoms with van der Waals surface area (Å²) in [4.78, 5) is 24.9. The molecular formula is C16H14FN5OS. The van der Waals surface area contributed by atoms with Gasteiger partial charge >= 0.3 is 0 Å². The number of hydrogen-bond acceptors (Lipinski definition) is 6. The second-order valence-corrected chi connectivity index (χ2v) is 5.96. The van der Waals surface area contributed by atoms with Crippen LogP contribution in [0.1, 0.15) is 21.9 Å². The van der Waals surface area contributed by atoms with Gasteiger partial charge in [-0.1, -0.05) is 6.07 Å². The summed E-state index contributed by atoms with van der Waals surface area (Å²) in [6, 6.07) is 7.55. The molecule has 0 saturated heterocycles. The monoisotopic (exact) mass is 343 g/mol. The van der Waals surface area contributed by atoms with Gasteiger partial charge in [-0.3, -0.25) is 4.79 Å². The number of anilines is 3. The number of carbonyl (C=O) groups excluding carboxylic acids is 1. The SMILES string of the molecule is Cc1cc(C)nc(Nc2nc(C(=O)Nc3cccc(F)c3)cs2)n1. The van der Waals surface area contributed by atoms with Gasteiger partial charge in [-0.05, 0) is 38.1 Å². The Kier molecular flexibility index (Phi) is 4.48. The summed E-state index contributed by atoms with van der Waals surface area (Å²) in [6.45, 7) is 3.75.